The third-order valence-corrected chi connectivity index (χ3v) is 11.5. The number of allylic oxidation sites excluding steroid dienone is 1. The van der Waals surface area contributed by atoms with Gasteiger partial charge in [0.05, 0.1) is 0 Å². The molecule has 33 heavy (non-hydrogen) atoms. The lowest BCUT2D eigenvalue weighted by Gasteiger charge is -2.59. The number of hydrogen-bond acceptors (Lipinski definition) is 2. The molecule has 0 aromatic rings. The van der Waals surface area contributed by atoms with Crippen LogP contribution in [0, 0.1) is 46.3 Å². The molecule has 8 atom stereocenters. The van der Waals surface area contributed by atoms with E-state index in [4.69, 9.17) is 0 Å². The van der Waals surface area contributed by atoms with Gasteiger partial charge in [-0.1, -0.05) is 60.3 Å². The number of hydrogen-bond donors (Lipinski definition) is 0. The van der Waals surface area contributed by atoms with Crippen molar-refractivity contribution in [3.63, 3.8) is 0 Å². The second kappa shape index (κ2) is 9.98. The van der Waals surface area contributed by atoms with Crippen LogP contribution in [0.3, 0.4) is 0 Å². The fourth-order valence-electron chi connectivity index (χ4n) is 9.90. The molecule has 3 saturated carbocycles. The quantitative estimate of drug-likeness (QED) is 0.351. The lowest BCUT2D eigenvalue weighted by molar-refractivity contribution is -0.134. The van der Waals surface area contributed by atoms with E-state index >= 15 is 0 Å². The molecule has 0 heterocycles. The summed E-state index contributed by atoms with van der Waals surface area (Å²) >= 11 is 0. The van der Waals surface area contributed by atoms with Crippen LogP contribution in [0.1, 0.15) is 125 Å². The van der Waals surface area contributed by atoms with Gasteiger partial charge in [0.15, 0.2) is 11.6 Å². The molecule has 186 valence electrons. The summed E-state index contributed by atoms with van der Waals surface area (Å²) in [5.74, 6) is 4.96. The Hall–Kier alpha value is -0.920. The summed E-state index contributed by atoms with van der Waals surface area (Å²) in [7, 11) is 0. The highest BCUT2D eigenvalue weighted by atomic mass is 16.1. The summed E-state index contributed by atoms with van der Waals surface area (Å²) in [5, 5.41) is 0. The number of carbonyl (C=O) groups is 2. The van der Waals surface area contributed by atoms with Crippen molar-refractivity contribution in [2.75, 3.05) is 0 Å². The van der Waals surface area contributed by atoms with Crippen molar-refractivity contribution in [1.82, 2.24) is 0 Å². The van der Waals surface area contributed by atoms with Crippen LogP contribution in [0.4, 0.5) is 0 Å². The largest absolute Gasteiger partial charge is 0.295 e. The van der Waals surface area contributed by atoms with Gasteiger partial charge in [0, 0.05) is 23.8 Å². The van der Waals surface area contributed by atoms with Gasteiger partial charge in [-0.2, -0.15) is 0 Å². The maximum absolute atomic E-state index is 13.5. The second-order valence-electron chi connectivity index (χ2n) is 12.5. The Balaban J connectivity index is 1.60. The molecule has 0 bridgehead atoms. The summed E-state index contributed by atoms with van der Waals surface area (Å²) in [6.45, 7) is 11.9. The van der Waals surface area contributed by atoms with Crippen LogP contribution in [0.5, 0.6) is 0 Å². The van der Waals surface area contributed by atoms with Crippen LogP contribution in [-0.4, -0.2) is 11.6 Å². The van der Waals surface area contributed by atoms with Crippen molar-refractivity contribution in [3.8, 4) is 0 Å². The minimum atomic E-state index is -0.00829. The third kappa shape index (κ3) is 4.10. The molecule has 2 heteroatoms. The Kier molecular flexibility index (Phi) is 7.62. The number of ketones is 2. The van der Waals surface area contributed by atoms with Crippen molar-refractivity contribution >= 4 is 11.6 Å². The third-order valence-electron chi connectivity index (χ3n) is 11.5. The first kappa shape index (κ1) is 25.2. The molecule has 4 rings (SSSR count). The molecule has 4 aliphatic rings. The SMILES string of the molecule is CCC[C@@H](C)CC[C@H](CC)[C@H]1CC[C@H]2[C@@H]3CC(=O)C4=CC(=O)CC[C@]4(CC)[C@H]3CC[C@@]12CC. The maximum Gasteiger partial charge on any atom is 0.159 e. The van der Waals surface area contributed by atoms with Gasteiger partial charge in [-0.05, 0) is 98.4 Å². The standard InChI is InChI=1S/C31H50O2/c1-6-10-21(5)11-12-22(7-2)25-13-14-26-24-20-29(33)28-19-23(32)15-17-31(28,9-4)27(24)16-18-30(25,26)8-3/h19,21-22,24-27H,6-18,20H2,1-5H3/t21-,22+,24+,25-,26+,27+,30+,31-/m1/s1. The van der Waals surface area contributed by atoms with Crippen LogP contribution in [0.15, 0.2) is 11.6 Å². The highest BCUT2D eigenvalue weighted by Crippen LogP contribution is 2.69. The predicted molar refractivity (Wildman–Crippen MR) is 137 cm³/mol. The predicted octanol–water partition coefficient (Wildman–Crippen LogP) is 8.34. The Bertz CT molecular complexity index is 765. The number of rotatable bonds is 9. The van der Waals surface area contributed by atoms with Crippen LogP contribution < -0.4 is 0 Å². The molecule has 0 aromatic heterocycles. The van der Waals surface area contributed by atoms with E-state index in [9.17, 15) is 9.59 Å². The Labute approximate surface area is 203 Å². The Morgan fingerprint density at radius 3 is 2.39 bits per heavy atom. The molecule has 0 spiro atoms. The summed E-state index contributed by atoms with van der Waals surface area (Å²) in [5.41, 5.74) is 1.37. The van der Waals surface area contributed by atoms with E-state index in [0.29, 0.717) is 29.5 Å². The molecule has 0 unspecified atom stereocenters. The second-order valence-corrected chi connectivity index (χ2v) is 12.5. The molecular formula is C31H50O2. The Morgan fingerprint density at radius 1 is 0.939 bits per heavy atom. The lowest BCUT2D eigenvalue weighted by Crippen LogP contribution is -2.54. The van der Waals surface area contributed by atoms with Gasteiger partial charge < -0.3 is 0 Å². The van der Waals surface area contributed by atoms with Gasteiger partial charge in [0.25, 0.3) is 0 Å². The maximum atomic E-state index is 13.5. The molecular weight excluding hydrogens is 404 g/mol. The summed E-state index contributed by atoms with van der Waals surface area (Å²) in [4.78, 5) is 25.7. The number of fused-ring (bicyclic) bond motifs is 5. The molecule has 2 nitrogen and oxygen atoms in total. The van der Waals surface area contributed by atoms with Crippen molar-refractivity contribution in [1.29, 1.82) is 0 Å². The molecule has 0 N–H and O–H groups in total. The summed E-state index contributed by atoms with van der Waals surface area (Å²) < 4.78 is 0. The van der Waals surface area contributed by atoms with Crippen molar-refractivity contribution in [2.24, 2.45) is 46.3 Å². The first-order chi connectivity index (χ1) is 15.9. The van der Waals surface area contributed by atoms with Gasteiger partial charge >= 0.3 is 0 Å². The van der Waals surface area contributed by atoms with Gasteiger partial charge in [0.1, 0.15) is 0 Å². The molecule has 0 aromatic carbocycles. The fraction of sp³-hybridized carbons (Fsp3) is 0.871. The summed E-state index contributed by atoms with van der Waals surface area (Å²) in [6, 6.07) is 0. The minimum Gasteiger partial charge on any atom is -0.295 e. The van der Waals surface area contributed by atoms with Gasteiger partial charge in [-0.3, -0.25) is 9.59 Å². The van der Waals surface area contributed by atoms with E-state index in [1.807, 2.05) is 0 Å². The van der Waals surface area contributed by atoms with Crippen LogP contribution in [0.25, 0.3) is 0 Å². The zero-order valence-corrected chi connectivity index (χ0v) is 22.3. The average Bonchev–Trinajstić information content (AvgIpc) is 3.20. The summed E-state index contributed by atoms with van der Waals surface area (Å²) in [6.07, 6.45) is 18.5. The van der Waals surface area contributed by atoms with Crippen molar-refractivity contribution in [3.05, 3.63) is 11.6 Å². The van der Waals surface area contributed by atoms with E-state index in [1.165, 1.54) is 64.2 Å². The first-order valence-corrected chi connectivity index (χ1v) is 14.6. The van der Waals surface area contributed by atoms with E-state index < -0.39 is 0 Å². The highest BCUT2D eigenvalue weighted by Gasteiger charge is 2.62. The zero-order valence-electron chi connectivity index (χ0n) is 22.3. The van der Waals surface area contributed by atoms with Crippen LogP contribution in [-0.2, 0) is 9.59 Å². The highest BCUT2D eigenvalue weighted by molar-refractivity contribution is 6.05. The average molecular weight is 455 g/mol. The Morgan fingerprint density at radius 2 is 1.73 bits per heavy atom. The van der Waals surface area contributed by atoms with Gasteiger partial charge in [-0.15, -0.1) is 0 Å². The van der Waals surface area contributed by atoms with E-state index in [1.54, 1.807) is 6.08 Å². The molecule has 0 amide bonds. The zero-order chi connectivity index (χ0) is 23.8. The number of carbonyl (C=O) groups excluding carboxylic acids is 2. The van der Waals surface area contributed by atoms with Gasteiger partial charge in [0.2, 0.25) is 0 Å². The van der Waals surface area contributed by atoms with Crippen LogP contribution >= 0.6 is 0 Å². The van der Waals surface area contributed by atoms with Crippen molar-refractivity contribution in [2.45, 2.75) is 125 Å². The lowest BCUT2D eigenvalue weighted by atomic mass is 9.44. The van der Waals surface area contributed by atoms with E-state index in [2.05, 4.69) is 34.6 Å². The first-order valence-electron chi connectivity index (χ1n) is 14.6. The molecule has 0 radical (unpaired) electrons. The molecule has 4 aliphatic carbocycles. The van der Waals surface area contributed by atoms with Crippen LogP contribution in [0.2, 0.25) is 0 Å². The smallest absolute Gasteiger partial charge is 0.159 e. The molecule has 0 aliphatic heterocycles. The number of Topliss-reactive ketones (excluding diaryl/α,β-unsaturated/α-hetero) is 1. The van der Waals surface area contributed by atoms with Gasteiger partial charge in [-0.25, -0.2) is 0 Å². The topological polar surface area (TPSA) is 34.1 Å². The molecule has 0 saturated heterocycles. The minimum absolute atomic E-state index is 0.00829. The monoisotopic (exact) mass is 454 g/mol. The van der Waals surface area contributed by atoms with E-state index in [-0.39, 0.29) is 11.2 Å². The van der Waals surface area contributed by atoms with E-state index in [0.717, 1.165) is 48.5 Å². The fourth-order valence-corrected chi connectivity index (χ4v) is 9.90. The molecule has 3 fully saturated rings. The van der Waals surface area contributed by atoms with Crippen molar-refractivity contribution < 1.29 is 9.59 Å². The normalized spacial score (nSPS) is 40.0.